The van der Waals surface area contributed by atoms with Crippen molar-refractivity contribution < 1.29 is 13.5 Å². The first-order valence-electron chi connectivity index (χ1n) is 9.22. The highest BCUT2D eigenvalue weighted by molar-refractivity contribution is 7.90. The monoisotopic (exact) mass is 390 g/mol. The Morgan fingerprint density at radius 3 is 2.59 bits per heavy atom. The van der Waals surface area contributed by atoms with Crippen LogP contribution in [0, 0.1) is 11.3 Å². The van der Waals surface area contributed by atoms with Gasteiger partial charge in [0.05, 0.1) is 17.5 Å². The van der Waals surface area contributed by atoms with Gasteiger partial charge in [-0.1, -0.05) is 23.3 Å². The van der Waals surface area contributed by atoms with Crippen LogP contribution in [-0.2, 0) is 10.0 Å². The fraction of sp³-hybridized carbons (Fsp3) is 0.588. The molecule has 0 bridgehead atoms. The van der Waals surface area contributed by atoms with E-state index in [-0.39, 0.29) is 17.8 Å². The van der Waals surface area contributed by atoms with E-state index in [2.05, 4.69) is 20.4 Å². The third-order valence-corrected chi connectivity index (χ3v) is 8.40. The van der Waals surface area contributed by atoms with Gasteiger partial charge in [-0.25, -0.2) is 12.7 Å². The smallest absolute Gasteiger partial charge is 0.250 e. The molecule has 3 heterocycles. The summed E-state index contributed by atoms with van der Waals surface area (Å²) in [6.45, 7) is 1.96. The highest BCUT2D eigenvalue weighted by Crippen LogP contribution is 2.46. The van der Waals surface area contributed by atoms with Crippen LogP contribution in [0.5, 0.6) is 0 Å². The predicted octanol–water partition coefficient (Wildman–Crippen LogP) is -0.115. The molecule has 27 heavy (non-hydrogen) atoms. The van der Waals surface area contributed by atoms with Gasteiger partial charge in [-0.2, -0.15) is 4.68 Å². The number of aromatic nitrogens is 4. The molecule has 3 aliphatic rings. The minimum Gasteiger partial charge on any atom is -0.396 e. The summed E-state index contributed by atoms with van der Waals surface area (Å²) in [4.78, 5) is 2.06. The zero-order valence-electron chi connectivity index (χ0n) is 14.8. The normalized spacial score (nSPS) is 28.6. The first-order chi connectivity index (χ1) is 13.0. The summed E-state index contributed by atoms with van der Waals surface area (Å²) in [7, 11) is -3.22. The van der Waals surface area contributed by atoms with Gasteiger partial charge in [-0.3, -0.25) is 0 Å². The Hall–Kier alpha value is -2.04. The average molecular weight is 390 g/mol. The van der Waals surface area contributed by atoms with Gasteiger partial charge in [0.25, 0.3) is 0 Å². The first kappa shape index (κ1) is 17.1. The van der Waals surface area contributed by atoms with Crippen molar-refractivity contribution in [2.24, 2.45) is 11.3 Å². The van der Waals surface area contributed by atoms with Crippen molar-refractivity contribution in [3.05, 3.63) is 30.3 Å². The second kappa shape index (κ2) is 5.98. The van der Waals surface area contributed by atoms with Gasteiger partial charge in [0.15, 0.2) is 0 Å². The third-order valence-electron chi connectivity index (χ3n) is 6.08. The summed E-state index contributed by atoms with van der Waals surface area (Å²) in [5, 5.41) is 22.1. The van der Waals surface area contributed by atoms with Crippen LogP contribution >= 0.6 is 0 Å². The lowest BCUT2D eigenvalue weighted by Crippen LogP contribution is -2.40. The second-order valence-electron chi connectivity index (χ2n) is 7.86. The number of rotatable bonds is 5. The van der Waals surface area contributed by atoms with Crippen molar-refractivity contribution >= 4 is 16.0 Å². The van der Waals surface area contributed by atoms with E-state index in [0.717, 1.165) is 18.5 Å². The maximum atomic E-state index is 12.6. The number of tetrazole rings is 1. The molecule has 5 rings (SSSR count). The fourth-order valence-corrected chi connectivity index (χ4v) is 6.37. The minimum atomic E-state index is -3.22. The Morgan fingerprint density at radius 1 is 1.15 bits per heavy atom. The maximum absolute atomic E-state index is 12.6. The number of benzene rings is 1. The Balaban J connectivity index is 1.40. The number of hydrogen-bond donors (Lipinski definition) is 1. The number of para-hydroxylation sites is 1. The summed E-state index contributed by atoms with van der Waals surface area (Å²) in [5.74, 6) is 0.692. The molecule has 1 N–H and O–H groups in total. The number of aliphatic hydroxyl groups excluding tert-OH is 1. The summed E-state index contributed by atoms with van der Waals surface area (Å²) in [5.41, 5.74) is 0.403. The van der Waals surface area contributed by atoms with Gasteiger partial charge in [0.1, 0.15) is 0 Å². The van der Waals surface area contributed by atoms with Gasteiger partial charge in [-0.05, 0) is 35.4 Å². The molecule has 144 valence electrons. The highest BCUT2D eigenvalue weighted by atomic mass is 32.2. The van der Waals surface area contributed by atoms with Crippen LogP contribution in [0.4, 0.5) is 5.95 Å². The fourth-order valence-electron chi connectivity index (χ4n) is 4.39. The highest BCUT2D eigenvalue weighted by Gasteiger charge is 2.57. The number of anilines is 1. The van der Waals surface area contributed by atoms with Crippen molar-refractivity contribution in [2.75, 3.05) is 37.7 Å². The molecule has 0 unspecified atom stereocenters. The van der Waals surface area contributed by atoms with Crippen molar-refractivity contribution in [1.82, 2.24) is 24.5 Å². The SMILES string of the molecule is O=S(=O)(C1CC1)N1C[C@@H]2CN(c3nnnn3-c3ccccc3)C[C@]2(CO)C1. The van der Waals surface area contributed by atoms with E-state index in [1.807, 2.05) is 30.3 Å². The van der Waals surface area contributed by atoms with Gasteiger partial charge in [0, 0.05) is 37.5 Å². The quantitative estimate of drug-likeness (QED) is 0.759. The summed E-state index contributed by atoms with van der Waals surface area (Å²) < 4.78 is 28.5. The lowest BCUT2D eigenvalue weighted by molar-refractivity contribution is 0.131. The molecule has 0 radical (unpaired) electrons. The van der Waals surface area contributed by atoms with Crippen LogP contribution in [0.2, 0.25) is 0 Å². The molecule has 3 fully saturated rings. The van der Waals surface area contributed by atoms with Crippen molar-refractivity contribution in [3.63, 3.8) is 0 Å². The van der Waals surface area contributed by atoms with E-state index in [0.29, 0.717) is 32.1 Å². The van der Waals surface area contributed by atoms with Gasteiger partial charge < -0.3 is 10.0 Å². The number of fused-ring (bicyclic) bond motifs is 1. The minimum absolute atomic E-state index is 0.0439. The zero-order valence-corrected chi connectivity index (χ0v) is 15.7. The molecule has 1 aliphatic carbocycles. The third kappa shape index (κ3) is 2.66. The lowest BCUT2D eigenvalue weighted by atomic mass is 9.82. The van der Waals surface area contributed by atoms with Crippen LogP contribution in [0.15, 0.2) is 30.3 Å². The van der Waals surface area contributed by atoms with E-state index in [4.69, 9.17) is 0 Å². The number of hydrogen-bond acceptors (Lipinski definition) is 7. The number of aliphatic hydroxyl groups is 1. The molecule has 1 aromatic carbocycles. The molecule has 2 aromatic rings. The van der Waals surface area contributed by atoms with E-state index >= 15 is 0 Å². The molecule has 2 saturated heterocycles. The van der Waals surface area contributed by atoms with Crippen molar-refractivity contribution in [3.8, 4) is 5.69 Å². The standard InChI is InChI=1S/C17H22N6O3S/c24-12-17-10-21(16-18-19-20-23(16)14-4-2-1-3-5-14)8-13(17)9-22(11-17)27(25,26)15-6-7-15/h1-5,13,15,24H,6-12H2/t13-,17+/m0/s1. The molecule has 9 nitrogen and oxygen atoms in total. The Labute approximate surface area is 157 Å². The van der Waals surface area contributed by atoms with E-state index in [1.54, 1.807) is 8.99 Å². The Kier molecular flexibility index (Phi) is 3.78. The van der Waals surface area contributed by atoms with Crippen molar-refractivity contribution in [1.29, 1.82) is 0 Å². The van der Waals surface area contributed by atoms with Crippen LogP contribution < -0.4 is 4.90 Å². The molecule has 10 heteroatoms. The van der Waals surface area contributed by atoms with E-state index < -0.39 is 15.4 Å². The molecular formula is C17H22N6O3S. The number of sulfonamides is 1. The van der Waals surface area contributed by atoms with Crippen LogP contribution in [-0.4, -0.2) is 76.1 Å². The number of nitrogens with zero attached hydrogens (tertiary/aromatic N) is 6. The van der Waals surface area contributed by atoms with Crippen LogP contribution in [0.25, 0.3) is 5.69 Å². The van der Waals surface area contributed by atoms with Gasteiger partial charge in [0.2, 0.25) is 16.0 Å². The Bertz CT molecular complexity index is 945. The molecule has 0 spiro atoms. The summed E-state index contributed by atoms with van der Waals surface area (Å²) in [6, 6.07) is 9.65. The molecular weight excluding hydrogens is 368 g/mol. The van der Waals surface area contributed by atoms with Crippen LogP contribution in [0.1, 0.15) is 12.8 Å². The zero-order chi connectivity index (χ0) is 18.6. The average Bonchev–Trinajstić information content (AvgIpc) is 3.17. The lowest BCUT2D eigenvalue weighted by Gasteiger charge is -2.27. The molecule has 0 amide bonds. The predicted molar refractivity (Wildman–Crippen MR) is 97.9 cm³/mol. The molecule has 1 aromatic heterocycles. The molecule has 1 saturated carbocycles. The Morgan fingerprint density at radius 2 is 1.93 bits per heavy atom. The van der Waals surface area contributed by atoms with Crippen molar-refractivity contribution in [2.45, 2.75) is 18.1 Å². The van der Waals surface area contributed by atoms with Gasteiger partial charge in [-0.15, -0.1) is 0 Å². The van der Waals surface area contributed by atoms with E-state index in [1.165, 1.54) is 0 Å². The maximum Gasteiger partial charge on any atom is 0.250 e. The van der Waals surface area contributed by atoms with E-state index in [9.17, 15) is 13.5 Å². The molecule has 2 aliphatic heterocycles. The molecule has 2 atom stereocenters. The van der Waals surface area contributed by atoms with Gasteiger partial charge >= 0.3 is 0 Å². The summed E-state index contributed by atoms with van der Waals surface area (Å²) in [6.07, 6.45) is 1.52. The topological polar surface area (TPSA) is 104 Å². The second-order valence-corrected chi connectivity index (χ2v) is 10.1. The summed E-state index contributed by atoms with van der Waals surface area (Å²) >= 11 is 0. The first-order valence-corrected chi connectivity index (χ1v) is 10.7. The largest absolute Gasteiger partial charge is 0.396 e. The van der Waals surface area contributed by atoms with Crippen LogP contribution in [0.3, 0.4) is 0 Å².